The quantitative estimate of drug-likeness (QED) is 0.846. The summed E-state index contributed by atoms with van der Waals surface area (Å²) in [6.07, 6.45) is 9.11. The molecule has 0 amide bonds. The Morgan fingerprint density at radius 1 is 1.06 bits per heavy atom. The minimum atomic E-state index is 0.0573. The first-order chi connectivity index (χ1) is 7.86. The lowest BCUT2D eigenvalue weighted by Crippen LogP contribution is -2.11. The van der Waals surface area contributed by atoms with E-state index in [0.29, 0.717) is 0 Å². The van der Waals surface area contributed by atoms with Gasteiger partial charge in [-0.1, -0.05) is 6.07 Å². The molecule has 2 aromatic heterocycles. The summed E-state index contributed by atoms with van der Waals surface area (Å²) in [7, 11) is 0. The molecule has 0 spiro atoms. The third-order valence-electron chi connectivity index (χ3n) is 2.61. The first-order valence-electron chi connectivity index (χ1n) is 5.40. The zero-order valence-corrected chi connectivity index (χ0v) is 9.08. The number of hydrogen-bond donors (Lipinski definition) is 1. The zero-order chi connectivity index (χ0) is 11.2. The van der Waals surface area contributed by atoms with Crippen molar-refractivity contribution < 1.29 is 0 Å². The van der Waals surface area contributed by atoms with Gasteiger partial charge < -0.3 is 5.73 Å². The summed E-state index contributed by atoms with van der Waals surface area (Å²) in [5, 5.41) is 0. The summed E-state index contributed by atoms with van der Waals surface area (Å²) < 4.78 is 0. The summed E-state index contributed by atoms with van der Waals surface area (Å²) in [6, 6.07) is 8.04. The molecule has 3 nitrogen and oxygen atoms in total. The van der Waals surface area contributed by atoms with Crippen LogP contribution >= 0.6 is 0 Å². The van der Waals surface area contributed by atoms with Crippen LogP contribution < -0.4 is 5.73 Å². The summed E-state index contributed by atoms with van der Waals surface area (Å²) in [5.41, 5.74) is 8.45. The van der Waals surface area contributed by atoms with Crippen LogP contribution in [-0.2, 0) is 6.42 Å². The summed E-state index contributed by atoms with van der Waals surface area (Å²) >= 11 is 0. The fourth-order valence-electron chi connectivity index (χ4n) is 1.63. The van der Waals surface area contributed by atoms with E-state index in [4.69, 9.17) is 5.73 Å². The molecular weight excluding hydrogens is 198 g/mol. The Morgan fingerprint density at radius 3 is 2.56 bits per heavy atom. The van der Waals surface area contributed by atoms with Crippen LogP contribution in [0, 0.1) is 0 Å². The van der Waals surface area contributed by atoms with E-state index in [0.717, 1.165) is 18.4 Å². The lowest BCUT2D eigenvalue weighted by Gasteiger charge is -2.10. The average Bonchev–Trinajstić information content (AvgIpc) is 2.38. The van der Waals surface area contributed by atoms with Crippen molar-refractivity contribution in [1.29, 1.82) is 0 Å². The van der Waals surface area contributed by atoms with Crippen molar-refractivity contribution >= 4 is 0 Å². The fraction of sp³-hybridized carbons (Fsp3) is 0.231. The van der Waals surface area contributed by atoms with Crippen molar-refractivity contribution in [2.75, 3.05) is 0 Å². The molecular formula is C13H15N3. The molecule has 0 radical (unpaired) electrons. The summed E-state index contributed by atoms with van der Waals surface area (Å²) in [6.45, 7) is 0. The van der Waals surface area contributed by atoms with Crippen LogP contribution in [0.4, 0.5) is 0 Å². The molecule has 0 aliphatic rings. The van der Waals surface area contributed by atoms with Crippen LogP contribution in [-0.4, -0.2) is 9.97 Å². The van der Waals surface area contributed by atoms with Gasteiger partial charge in [0.25, 0.3) is 0 Å². The Hall–Kier alpha value is -1.74. The van der Waals surface area contributed by atoms with Crippen LogP contribution in [0.3, 0.4) is 0 Å². The van der Waals surface area contributed by atoms with Crippen molar-refractivity contribution in [3.63, 3.8) is 0 Å². The number of nitrogens with two attached hydrogens (primary N) is 1. The molecule has 0 fully saturated rings. The van der Waals surface area contributed by atoms with Gasteiger partial charge in [0.2, 0.25) is 0 Å². The van der Waals surface area contributed by atoms with Crippen LogP contribution in [0.2, 0.25) is 0 Å². The molecule has 1 unspecified atom stereocenters. The molecule has 0 saturated carbocycles. The van der Waals surface area contributed by atoms with E-state index >= 15 is 0 Å². The molecule has 2 rings (SSSR count). The molecule has 1 atom stereocenters. The molecule has 3 heteroatoms. The second-order valence-corrected chi connectivity index (χ2v) is 3.79. The molecule has 16 heavy (non-hydrogen) atoms. The first-order valence-corrected chi connectivity index (χ1v) is 5.40. The Morgan fingerprint density at radius 2 is 1.88 bits per heavy atom. The predicted molar refractivity (Wildman–Crippen MR) is 63.7 cm³/mol. The Bertz CT molecular complexity index is 414. The molecule has 2 heterocycles. The van der Waals surface area contributed by atoms with E-state index in [1.54, 1.807) is 6.20 Å². The SMILES string of the molecule is NC(CCc1ccncc1)c1cccnc1. The number of aryl methyl sites for hydroxylation is 1. The van der Waals surface area contributed by atoms with Gasteiger partial charge >= 0.3 is 0 Å². The maximum absolute atomic E-state index is 6.09. The molecule has 2 N–H and O–H groups in total. The van der Waals surface area contributed by atoms with Gasteiger partial charge in [-0.3, -0.25) is 9.97 Å². The van der Waals surface area contributed by atoms with Gasteiger partial charge in [-0.15, -0.1) is 0 Å². The number of aromatic nitrogens is 2. The van der Waals surface area contributed by atoms with Crippen LogP contribution in [0.5, 0.6) is 0 Å². The molecule has 2 aromatic rings. The van der Waals surface area contributed by atoms with Gasteiger partial charge in [0.1, 0.15) is 0 Å². The van der Waals surface area contributed by atoms with Crippen molar-refractivity contribution in [3.8, 4) is 0 Å². The lowest BCUT2D eigenvalue weighted by atomic mass is 10.0. The van der Waals surface area contributed by atoms with Gasteiger partial charge in [0, 0.05) is 30.8 Å². The number of hydrogen-bond acceptors (Lipinski definition) is 3. The maximum Gasteiger partial charge on any atom is 0.0315 e. The number of pyridine rings is 2. The highest BCUT2D eigenvalue weighted by molar-refractivity contribution is 5.15. The third-order valence-corrected chi connectivity index (χ3v) is 2.61. The van der Waals surface area contributed by atoms with E-state index in [9.17, 15) is 0 Å². The van der Waals surface area contributed by atoms with Crippen LogP contribution in [0.15, 0.2) is 49.1 Å². The molecule has 0 bridgehead atoms. The van der Waals surface area contributed by atoms with Crippen LogP contribution in [0.25, 0.3) is 0 Å². The van der Waals surface area contributed by atoms with Gasteiger partial charge in [0.05, 0.1) is 0 Å². The van der Waals surface area contributed by atoms with Crippen LogP contribution in [0.1, 0.15) is 23.6 Å². The normalized spacial score (nSPS) is 12.3. The Balaban J connectivity index is 1.92. The zero-order valence-electron chi connectivity index (χ0n) is 9.08. The Kier molecular flexibility index (Phi) is 3.62. The number of rotatable bonds is 4. The van der Waals surface area contributed by atoms with E-state index < -0.39 is 0 Å². The smallest absolute Gasteiger partial charge is 0.0315 e. The average molecular weight is 213 g/mol. The molecule has 0 aromatic carbocycles. The third kappa shape index (κ3) is 2.87. The summed E-state index contributed by atoms with van der Waals surface area (Å²) in [4.78, 5) is 8.06. The van der Waals surface area contributed by atoms with E-state index in [2.05, 4.69) is 9.97 Å². The second-order valence-electron chi connectivity index (χ2n) is 3.79. The first kappa shape index (κ1) is 10.8. The van der Waals surface area contributed by atoms with E-state index in [1.165, 1.54) is 5.56 Å². The summed E-state index contributed by atoms with van der Waals surface area (Å²) in [5.74, 6) is 0. The second kappa shape index (κ2) is 5.37. The highest BCUT2D eigenvalue weighted by Gasteiger charge is 2.05. The molecule has 82 valence electrons. The fourth-order valence-corrected chi connectivity index (χ4v) is 1.63. The van der Waals surface area contributed by atoms with Gasteiger partial charge in [-0.25, -0.2) is 0 Å². The highest BCUT2D eigenvalue weighted by atomic mass is 14.7. The minimum Gasteiger partial charge on any atom is -0.324 e. The van der Waals surface area contributed by atoms with E-state index in [1.807, 2.05) is 42.9 Å². The largest absolute Gasteiger partial charge is 0.324 e. The van der Waals surface area contributed by atoms with Gasteiger partial charge in [0.15, 0.2) is 0 Å². The van der Waals surface area contributed by atoms with Crippen molar-refractivity contribution in [1.82, 2.24) is 9.97 Å². The highest BCUT2D eigenvalue weighted by Crippen LogP contribution is 2.15. The van der Waals surface area contributed by atoms with Crippen molar-refractivity contribution in [2.24, 2.45) is 5.73 Å². The minimum absolute atomic E-state index is 0.0573. The predicted octanol–water partition coefficient (Wildman–Crippen LogP) is 2.11. The Labute approximate surface area is 95.4 Å². The topological polar surface area (TPSA) is 51.8 Å². The monoisotopic (exact) mass is 213 g/mol. The van der Waals surface area contributed by atoms with E-state index in [-0.39, 0.29) is 6.04 Å². The van der Waals surface area contributed by atoms with Gasteiger partial charge in [-0.2, -0.15) is 0 Å². The molecule has 0 saturated heterocycles. The van der Waals surface area contributed by atoms with Gasteiger partial charge in [-0.05, 0) is 42.2 Å². The number of nitrogens with zero attached hydrogens (tertiary/aromatic N) is 2. The standard InChI is InChI=1S/C13H15N3/c14-13(12-2-1-7-16-10-12)4-3-11-5-8-15-9-6-11/h1-2,5-10,13H,3-4,14H2. The van der Waals surface area contributed by atoms with Crippen molar-refractivity contribution in [3.05, 3.63) is 60.2 Å². The lowest BCUT2D eigenvalue weighted by molar-refractivity contribution is 0.648. The van der Waals surface area contributed by atoms with Crippen molar-refractivity contribution in [2.45, 2.75) is 18.9 Å². The molecule has 0 aliphatic heterocycles. The molecule has 0 aliphatic carbocycles. The maximum atomic E-state index is 6.09.